The predicted molar refractivity (Wildman–Crippen MR) is 93.9 cm³/mol. The molecule has 1 aromatic heterocycles. The van der Waals surface area contributed by atoms with Crippen molar-refractivity contribution < 1.29 is 0 Å². The molecule has 3 atom stereocenters. The summed E-state index contributed by atoms with van der Waals surface area (Å²) in [5, 5.41) is 0. The van der Waals surface area contributed by atoms with Crippen LogP contribution >= 0.6 is 27.3 Å². The van der Waals surface area contributed by atoms with Crippen LogP contribution in [-0.4, -0.2) is 48.1 Å². The Kier molecular flexibility index (Phi) is 5.06. The van der Waals surface area contributed by atoms with Crippen LogP contribution in [0.5, 0.6) is 0 Å². The standard InChI is InChI=1S/C16H26BrN3S/c1-11-9-19-6-4-3-5-13(19)10-20(11)15(8-18)16-7-14(17)12(2)21-16/h7,11,13,15H,3-6,8-10,18H2,1-2H3. The van der Waals surface area contributed by atoms with Crippen molar-refractivity contribution in [2.24, 2.45) is 5.73 Å². The van der Waals surface area contributed by atoms with Gasteiger partial charge < -0.3 is 5.73 Å². The maximum absolute atomic E-state index is 6.16. The molecule has 0 saturated carbocycles. The van der Waals surface area contributed by atoms with E-state index >= 15 is 0 Å². The third-order valence-corrected chi connectivity index (χ3v) is 7.30. The molecule has 0 spiro atoms. The van der Waals surface area contributed by atoms with Crippen LogP contribution in [0.25, 0.3) is 0 Å². The molecule has 2 aliphatic rings. The third kappa shape index (κ3) is 3.22. The number of nitrogens with zero attached hydrogens (tertiary/aromatic N) is 2. The van der Waals surface area contributed by atoms with Crippen LogP contribution < -0.4 is 5.73 Å². The van der Waals surface area contributed by atoms with E-state index in [4.69, 9.17) is 5.73 Å². The fourth-order valence-electron chi connectivity index (χ4n) is 3.87. The molecule has 5 heteroatoms. The molecule has 118 valence electrons. The Morgan fingerprint density at radius 1 is 1.43 bits per heavy atom. The second-order valence-electron chi connectivity index (χ2n) is 6.49. The first-order valence-corrected chi connectivity index (χ1v) is 9.66. The second-order valence-corrected chi connectivity index (χ2v) is 8.64. The van der Waals surface area contributed by atoms with Crippen LogP contribution in [0.3, 0.4) is 0 Å². The lowest BCUT2D eigenvalue weighted by atomic mass is 9.95. The average Bonchev–Trinajstić information content (AvgIpc) is 2.80. The third-order valence-electron chi connectivity index (χ3n) is 5.06. The SMILES string of the molecule is Cc1sc(C(CN)N2CC3CCCCN3CC2C)cc1Br. The van der Waals surface area contributed by atoms with Gasteiger partial charge in [-0.3, -0.25) is 9.80 Å². The summed E-state index contributed by atoms with van der Waals surface area (Å²) in [4.78, 5) is 8.13. The van der Waals surface area contributed by atoms with Crippen molar-refractivity contribution in [3.63, 3.8) is 0 Å². The Balaban J connectivity index is 1.79. The van der Waals surface area contributed by atoms with Gasteiger partial charge in [-0.2, -0.15) is 0 Å². The first kappa shape index (κ1) is 15.9. The Morgan fingerprint density at radius 2 is 2.24 bits per heavy atom. The van der Waals surface area contributed by atoms with Crippen LogP contribution in [0.15, 0.2) is 10.5 Å². The minimum Gasteiger partial charge on any atom is -0.329 e. The fourth-order valence-corrected chi connectivity index (χ4v) is 5.57. The van der Waals surface area contributed by atoms with Gasteiger partial charge in [-0.05, 0) is 55.2 Å². The van der Waals surface area contributed by atoms with Crippen LogP contribution in [-0.2, 0) is 0 Å². The van der Waals surface area contributed by atoms with Crippen molar-refractivity contribution in [2.45, 2.75) is 51.2 Å². The number of piperazine rings is 1. The Hall–Kier alpha value is 0.0600. The molecule has 3 heterocycles. The summed E-state index contributed by atoms with van der Waals surface area (Å²) in [6, 6.07) is 3.99. The number of hydrogen-bond acceptors (Lipinski definition) is 4. The number of thiophene rings is 1. The molecule has 0 radical (unpaired) electrons. The molecule has 2 N–H and O–H groups in total. The number of nitrogens with two attached hydrogens (primary N) is 1. The van der Waals surface area contributed by atoms with Gasteiger partial charge in [0.15, 0.2) is 0 Å². The number of fused-ring (bicyclic) bond motifs is 1. The number of hydrogen-bond donors (Lipinski definition) is 1. The summed E-state index contributed by atoms with van der Waals surface area (Å²) in [5.74, 6) is 0. The first-order valence-electron chi connectivity index (χ1n) is 8.06. The molecule has 2 saturated heterocycles. The average molecular weight is 372 g/mol. The fraction of sp³-hybridized carbons (Fsp3) is 0.750. The minimum absolute atomic E-state index is 0.374. The second kappa shape index (κ2) is 6.67. The topological polar surface area (TPSA) is 32.5 Å². The van der Waals surface area contributed by atoms with Gasteiger partial charge in [0.25, 0.3) is 0 Å². The van der Waals surface area contributed by atoms with E-state index in [1.165, 1.54) is 53.1 Å². The highest BCUT2D eigenvalue weighted by atomic mass is 79.9. The zero-order valence-electron chi connectivity index (χ0n) is 13.0. The lowest BCUT2D eigenvalue weighted by Gasteiger charge is -2.49. The van der Waals surface area contributed by atoms with E-state index in [2.05, 4.69) is 45.6 Å². The van der Waals surface area contributed by atoms with E-state index in [1.54, 1.807) is 0 Å². The highest BCUT2D eigenvalue weighted by Crippen LogP contribution is 2.36. The molecule has 3 unspecified atom stereocenters. The summed E-state index contributed by atoms with van der Waals surface area (Å²) < 4.78 is 1.23. The summed E-state index contributed by atoms with van der Waals surface area (Å²) >= 11 is 5.54. The monoisotopic (exact) mass is 371 g/mol. The first-order chi connectivity index (χ1) is 10.1. The van der Waals surface area contributed by atoms with Crippen molar-refractivity contribution in [2.75, 3.05) is 26.2 Å². The van der Waals surface area contributed by atoms with Crippen molar-refractivity contribution >= 4 is 27.3 Å². The Labute approximate surface area is 140 Å². The van der Waals surface area contributed by atoms with Gasteiger partial charge in [0, 0.05) is 45.9 Å². The van der Waals surface area contributed by atoms with Crippen LogP contribution in [0, 0.1) is 6.92 Å². The van der Waals surface area contributed by atoms with Crippen molar-refractivity contribution in [1.29, 1.82) is 0 Å². The highest BCUT2D eigenvalue weighted by Gasteiger charge is 2.36. The van der Waals surface area contributed by atoms with Gasteiger partial charge in [0.05, 0.1) is 6.04 Å². The molecule has 1 aromatic rings. The van der Waals surface area contributed by atoms with Gasteiger partial charge in [-0.1, -0.05) is 6.42 Å². The van der Waals surface area contributed by atoms with E-state index in [1.807, 2.05) is 11.3 Å². The zero-order chi connectivity index (χ0) is 15.0. The largest absolute Gasteiger partial charge is 0.329 e. The molecule has 2 aliphatic heterocycles. The summed E-state index contributed by atoms with van der Waals surface area (Å²) in [6.07, 6.45) is 4.12. The van der Waals surface area contributed by atoms with E-state index in [0.29, 0.717) is 18.6 Å². The van der Waals surface area contributed by atoms with E-state index in [9.17, 15) is 0 Å². The molecule has 2 fully saturated rings. The molecular formula is C16H26BrN3S. The Bertz CT molecular complexity index is 470. The molecule has 0 bridgehead atoms. The van der Waals surface area contributed by atoms with E-state index in [-0.39, 0.29) is 0 Å². The van der Waals surface area contributed by atoms with Crippen molar-refractivity contribution in [3.8, 4) is 0 Å². The van der Waals surface area contributed by atoms with Crippen molar-refractivity contribution in [1.82, 2.24) is 9.80 Å². The van der Waals surface area contributed by atoms with E-state index in [0.717, 1.165) is 6.04 Å². The molecule has 0 aromatic carbocycles. The van der Waals surface area contributed by atoms with Crippen LogP contribution in [0.1, 0.15) is 42.0 Å². The van der Waals surface area contributed by atoms with E-state index < -0.39 is 0 Å². The quantitative estimate of drug-likeness (QED) is 0.883. The lowest BCUT2D eigenvalue weighted by molar-refractivity contribution is -0.00593. The maximum Gasteiger partial charge on any atom is 0.0568 e. The van der Waals surface area contributed by atoms with Crippen LogP contribution in [0.2, 0.25) is 0 Å². The number of aryl methyl sites for hydroxylation is 1. The molecule has 3 rings (SSSR count). The van der Waals surface area contributed by atoms with Crippen LogP contribution in [0.4, 0.5) is 0 Å². The maximum atomic E-state index is 6.16. The van der Waals surface area contributed by atoms with Gasteiger partial charge in [0.2, 0.25) is 0 Å². The van der Waals surface area contributed by atoms with Crippen molar-refractivity contribution in [3.05, 3.63) is 20.3 Å². The summed E-state index contributed by atoms with van der Waals surface area (Å²) in [7, 11) is 0. The number of halogens is 1. The summed E-state index contributed by atoms with van der Waals surface area (Å²) in [6.45, 7) is 8.92. The number of rotatable bonds is 3. The molecule has 0 aliphatic carbocycles. The lowest BCUT2D eigenvalue weighted by Crippen LogP contribution is -2.59. The smallest absolute Gasteiger partial charge is 0.0568 e. The molecular weight excluding hydrogens is 346 g/mol. The molecule has 0 amide bonds. The normalized spacial score (nSPS) is 29.3. The van der Waals surface area contributed by atoms with Gasteiger partial charge in [-0.25, -0.2) is 0 Å². The summed E-state index contributed by atoms with van der Waals surface area (Å²) in [5.41, 5.74) is 6.16. The molecule has 21 heavy (non-hydrogen) atoms. The number of piperidine rings is 1. The molecule has 3 nitrogen and oxygen atoms in total. The highest BCUT2D eigenvalue weighted by molar-refractivity contribution is 9.10. The zero-order valence-corrected chi connectivity index (χ0v) is 15.4. The minimum atomic E-state index is 0.374. The Morgan fingerprint density at radius 3 is 2.90 bits per heavy atom. The predicted octanol–water partition coefficient (Wildman–Crippen LogP) is 3.38. The van der Waals surface area contributed by atoms with Gasteiger partial charge in [0.1, 0.15) is 0 Å². The van der Waals surface area contributed by atoms with Gasteiger partial charge >= 0.3 is 0 Å². The van der Waals surface area contributed by atoms with Gasteiger partial charge in [-0.15, -0.1) is 11.3 Å².